The lowest BCUT2D eigenvalue weighted by molar-refractivity contribution is -0.151. The Hall–Kier alpha value is -0.860. The van der Waals surface area contributed by atoms with E-state index >= 15 is 0 Å². The highest BCUT2D eigenvalue weighted by atomic mass is 16.5. The summed E-state index contributed by atoms with van der Waals surface area (Å²) in [4.78, 5) is 22.1. The van der Waals surface area contributed by atoms with Crippen LogP contribution >= 0.6 is 0 Å². The van der Waals surface area contributed by atoms with Gasteiger partial charge in [-0.05, 0) is 20.3 Å². The van der Waals surface area contributed by atoms with Crippen LogP contribution in [0.1, 0.15) is 33.6 Å². The lowest BCUT2D eigenvalue weighted by Crippen LogP contribution is -2.24. The van der Waals surface area contributed by atoms with E-state index in [1.807, 2.05) is 6.92 Å². The highest BCUT2D eigenvalue weighted by molar-refractivity contribution is 5.97. The van der Waals surface area contributed by atoms with Crippen LogP contribution in [-0.2, 0) is 14.3 Å². The molecule has 0 saturated carbocycles. The van der Waals surface area contributed by atoms with E-state index in [0.717, 1.165) is 6.42 Å². The van der Waals surface area contributed by atoms with Crippen molar-refractivity contribution >= 4 is 11.8 Å². The largest absolute Gasteiger partial charge is 0.465 e. The molecule has 70 valence electrons. The van der Waals surface area contributed by atoms with E-state index in [1.165, 1.54) is 6.92 Å². The summed E-state index contributed by atoms with van der Waals surface area (Å²) in [7, 11) is 0. The van der Waals surface area contributed by atoms with Crippen LogP contribution in [0.5, 0.6) is 0 Å². The molecule has 0 rings (SSSR count). The van der Waals surface area contributed by atoms with Crippen molar-refractivity contribution < 1.29 is 14.3 Å². The van der Waals surface area contributed by atoms with Crippen LogP contribution in [-0.4, -0.2) is 18.4 Å². The number of carbonyl (C=O) groups is 2. The minimum Gasteiger partial charge on any atom is -0.465 e. The average molecular weight is 172 g/mol. The molecule has 12 heavy (non-hydrogen) atoms. The minimum absolute atomic E-state index is 0.102. The van der Waals surface area contributed by atoms with Gasteiger partial charge in [0.2, 0.25) is 0 Å². The van der Waals surface area contributed by atoms with Gasteiger partial charge in [0, 0.05) is 0 Å². The van der Waals surface area contributed by atoms with Crippen molar-refractivity contribution in [1.82, 2.24) is 0 Å². The van der Waals surface area contributed by atoms with Crippen molar-refractivity contribution in [2.75, 3.05) is 6.61 Å². The molecule has 1 atom stereocenters. The molecular formula is C9H16O3. The van der Waals surface area contributed by atoms with Gasteiger partial charge in [-0.25, -0.2) is 0 Å². The van der Waals surface area contributed by atoms with Gasteiger partial charge in [0.05, 0.1) is 6.61 Å². The van der Waals surface area contributed by atoms with Gasteiger partial charge in [-0.2, -0.15) is 0 Å². The van der Waals surface area contributed by atoms with Crippen LogP contribution in [0.4, 0.5) is 0 Å². The topological polar surface area (TPSA) is 43.4 Å². The molecule has 0 aliphatic rings. The van der Waals surface area contributed by atoms with Crippen molar-refractivity contribution in [3.63, 3.8) is 0 Å². The smallest absolute Gasteiger partial charge is 0.316 e. The fourth-order valence-corrected chi connectivity index (χ4v) is 1.02. The minimum atomic E-state index is -0.546. The first-order valence-electron chi connectivity index (χ1n) is 4.30. The van der Waals surface area contributed by atoms with E-state index in [9.17, 15) is 9.59 Å². The summed E-state index contributed by atoms with van der Waals surface area (Å²) >= 11 is 0. The number of carbonyl (C=O) groups excluding carboxylic acids is 2. The zero-order chi connectivity index (χ0) is 9.56. The van der Waals surface area contributed by atoms with Crippen molar-refractivity contribution in [1.29, 1.82) is 0 Å². The molecule has 0 heterocycles. The second kappa shape index (κ2) is 5.75. The van der Waals surface area contributed by atoms with E-state index in [2.05, 4.69) is 0 Å². The SMILES string of the molecule is CCC[C@H](C(C)=O)C(=O)OCC. The Morgan fingerprint density at radius 1 is 1.33 bits per heavy atom. The van der Waals surface area contributed by atoms with Crippen LogP contribution in [0.25, 0.3) is 0 Å². The molecule has 0 aromatic rings. The van der Waals surface area contributed by atoms with Crippen LogP contribution in [0.2, 0.25) is 0 Å². The lowest BCUT2D eigenvalue weighted by Gasteiger charge is -2.10. The van der Waals surface area contributed by atoms with Gasteiger partial charge in [0.25, 0.3) is 0 Å². The van der Waals surface area contributed by atoms with Crippen LogP contribution < -0.4 is 0 Å². The van der Waals surface area contributed by atoms with E-state index < -0.39 is 5.92 Å². The quantitative estimate of drug-likeness (QED) is 0.467. The van der Waals surface area contributed by atoms with Crippen LogP contribution in [0, 0.1) is 5.92 Å². The molecule has 0 saturated heterocycles. The molecule has 0 spiro atoms. The Bertz CT molecular complexity index is 163. The molecule has 0 aromatic carbocycles. The summed E-state index contributed by atoms with van der Waals surface area (Å²) in [5.74, 6) is -1.03. The molecule has 0 aliphatic carbocycles. The first-order valence-corrected chi connectivity index (χ1v) is 4.30. The summed E-state index contributed by atoms with van der Waals surface area (Å²) in [6.07, 6.45) is 1.41. The van der Waals surface area contributed by atoms with Crippen molar-refractivity contribution in [3.8, 4) is 0 Å². The van der Waals surface area contributed by atoms with Gasteiger partial charge < -0.3 is 4.74 Å². The highest BCUT2D eigenvalue weighted by Gasteiger charge is 2.22. The molecule has 0 amide bonds. The molecule has 3 heteroatoms. The summed E-state index contributed by atoms with van der Waals surface area (Å²) in [5.41, 5.74) is 0. The summed E-state index contributed by atoms with van der Waals surface area (Å²) in [6, 6.07) is 0. The van der Waals surface area contributed by atoms with Gasteiger partial charge >= 0.3 is 5.97 Å². The van der Waals surface area contributed by atoms with Gasteiger partial charge in [-0.15, -0.1) is 0 Å². The number of esters is 1. The standard InChI is InChI=1S/C9H16O3/c1-4-6-8(7(3)10)9(11)12-5-2/h8H,4-6H2,1-3H3/t8-/m1/s1. The normalized spacial score (nSPS) is 12.2. The molecular weight excluding hydrogens is 156 g/mol. The molecule has 0 aromatic heterocycles. The van der Waals surface area contributed by atoms with Crippen molar-refractivity contribution in [2.45, 2.75) is 33.6 Å². The number of ketones is 1. The second-order valence-electron chi connectivity index (χ2n) is 2.70. The second-order valence-corrected chi connectivity index (χ2v) is 2.70. The Kier molecular flexibility index (Phi) is 5.34. The van der Waals surface area contributed by atoms with Crippen LogP contribution in [0.3, 0.4) is 0 Å². The van der Waals surface area contributed by atoms with E-state index in [-0.39, 0.29) is 11.8 Å². The fourth-order valence-electron chi connectivity index (χ4n) is 1.02. The molecule has 0 unspecified atom stereocenters. The monoisotopic (exact) mass is 172 g/mol. The van der Waals surface area contributed by atoms with Gasteiger partial charge in [0.15, 0.2) is 0 Å². The zero-order valence-electron chi connectivity index (χ0n) is 7.92. The summed E-state index contributed by atoms with van der Waals surface area (Å²) in [6.45, 7) is 5.44. The summed E-state index contributed by atoms with van der Waals surface area (Å²) < 4.78 is 4.76. The summed E-state index contributed by atoms with van der Waals surface area (Å²) in [5, 5.41) is 0. The van der Waals surface area contributed by atoms with Crippen molar-refractivity contribution in [3.05, 3.63) is 0 Å². The van der Waals surface area contributed by atoms with Gasteiger partial charge in [-0.1, -0.05) is 13.3 Å². The maximum Gasteiger partial charge on any atom is 0.316 e. The van der Waals surface area contributed by atoms with Crippen LogP contribution in [0.15, 0.2) is 0 Å². The fraction of sp³-hybridized carbons (Fsp3) is 0.778. The predicted octanol–water partition coefficient (Wildman–Crippen LogP) is 1.55. The third-order valence-corrected chi connectivity index (χ3v) is 1.64. The molecule has 0 N–H and O–H groups in total. The number of hydrogen-bond acceptors (Lipinski definition) is 3. The third kappa shape index (κ3) is 3.51. The predicted molar refractivity (Wildman–Crippen MR) is 45.7 cm³/mol. The number of hydrogen-bond donors (Lipinski definition) is 0. The Morgan fingerprint density at radius 3 is 2.25 bits per heavy atom. The van der Waals surface area contributed by atoms with E-state index in [0.29, 0.717) is 13.0 Å². The molecule has 0 fully saturated rings. The van der Waals surface area contributed by atoms with Gasteiger partial charge in [-0.3, -0.25) is 9.59 Å². The zero-order valence-corrected chi connectivity index (χ0v) is 7.92. The van der Waals surface area contributed by atoms with E-state index in [1.54, 1.807) is 6.92 Å². The Balaban J connectivity index is 4.09. The maximum atomic E-state index is 11.1. The third-order valence-electron chi connectivity index (χ3n) is 1.64. The number of ether oxygens (including phenoxy) is 1. The molecule has 0 radical (unpaired) electrons. The number of Topliss-reactive ketones (excluding diaryl/α,β-unsaturated/α-hetero) is 1. The van der Waals surface area contributed by atoms with Crippen molar-refractivity contribution in [2.24, 2.45) is 5.92 Å². The van der Waals surface area contributed by atoms with Gasteiger partial charge in [0.1, 0.15) is 11.7 Å². The average Bonchev–Trinajstić information content (AvgIpc) is 1.99. The maximum absolute atomic E-state index is 11.1. The number of rotatable bonds is 5. The molecule has 0 aliphatic heterocycles. The first-order chi connectivity index (χ1) is 5.63. The Morgan fingerprint density at radius 2 is 1.92 bits per heavy atom. The lowest BCUT2D eigenvalue weighted by atomic mass is 10.00. The highest BCUT2D eigenvalue weighted by Crippen LogP contribution is 2.09. The molecule has 0 bridgehead atoms. The molecule has 3 nitrogen and oxygen atoms in total. The first kappa shape index (κ1) is 11.1. The van der Waals surface area contributed by atoms with E-state index in [4.69, 9.17) is 4.74 Å². The Labute approximate surface area is 73.1 Å².